The van der Waals surface area contributed by atoms with Gasteiger partial charge in [0.15, 0.2) is 0 Å². The van der Waals surface area contributed by atoms with Crippen molar-refractivity contribution in [3.8, 4) is 0 Å². The molecule has 2 aliphatic rings. The van der Waals surface area contributed by atoms with Crippen molar-refractivity contribution < 1.29 is 18.4 Å². The molecule has 8 heteroatoms. The summed E-state index contributed by atoms with van der Waals surface area (Å²) in [5.74, 6) is -1.75. The average molecular weight is 462 g/mol. The van der Waals surface area contributed by atoms with E-state index in [1.807, 2.05) is 6.07 Å². The minimum Gasteiger partial charge on any atom is -0.336 e. The van der Waals surface area contributed by atoms with Crippen molar-refractivity contribution in [2.75, 3.05) is 31.5 Å². The van der Waals surface area contributed by atoms with E-state index in [1.54, 1.807) is 23.1 Å². The summed E-state index contributed by atoms with van der Waals surface area (Å²) in [6.45, 7) is 1.83. The molecule has 1 atom stereocenters. The van der Waals surface area contributed by atoms with Crippen molar-refractivity contribution in [3.63, 3.8) is 0 Å². The second-order valence-corrected chi connectivity index (χ2v) is 8.91. The Kier molecular flexibility index (Phi) is 7.06. The zero-order chi connectivity index (χ0) is 22.7. The molecule has 0 radical (unpaired) electrons. The van der Waals surface area contributed by atoms with Crippen LogP contribution in [0.25, 0.3) is 0 Å². The van der Waals surface area contributed by atoms with Crippen molar-refractivity contribution in [1.29, 1.82) is 0 Å². The fraction of sp³-hybridized carbons (Fsp3) is 0.417. The lowest BCUT2D eigenvalue weighted by atomic mass is 9.94. The number of carbonyl (C=O) groups is 2. The third kappa shape index (κ3) is 5.27. The van der Waals surface area contributed by atoms with Gasteiger partial charge in [-0.3, -0.25) is 14.5 Å². The fourth-order valence-corrected chi connectivity index (χ4v) is 4.99. The van der Waals surface area contributed by atoms with Gasteiger partial charge in [-0.2, -0.15) is 0 Å². The highest BCUT2D eigenvalue weighted by Gasteiger charge is 2.37. The Morgan fingerprint density at radius 2 is 1.62 bits per heavy atom. The molecule has 4 rings (SSSR count). The van der Waals surface area contributed by atoms with Crippen molar-refractivity contribution in [2.24, 2.45) is 5.92 Å². The van der Waals surface area contributed by atoms with E-state index < -0.39 is 17.5 Å². The minimum absolute atomic E-state index is 0.00184. The molecule has 1 saturated heterocycles. The largest absolute Gasteiger partial charge is 0.336 e. The number of rotatable bonds is 5. The van der Waals surface area contributed by atoms with Crippen LogP contribution < -0.4 is 5.32 Å². The molecule has 170 valence electrons. The summed E-state index contributed by atoms with van der Waals surface area (Å²) in [4.78, 5) is 29.7. The number of anilines is 1. The minimum atomic E-state index is -0.772. The Bertz CT molecular complexity index is 969. The topological polar surface area (TPSA) is 52.7 Å². The zero-order valence-electron chi connectivity index (χ0n) is 17.7. The molecule has 0 spiro atoms. The van der Waals surface area contributed by atoms with E-state index in [1.165, 1.54) is 0 Å². The van der Waals surface area contributed by atoms with Gasteiger partial charge in [-0.05, 0) is 49.1 Å². The Hall–Kier alpha value is -2.51. The maximum atomic E-state index is 13.5. The number of carbonyl (C=O) groups excluding carboxylic acids is 2. The molecule has 0 aromatic heterocycles. The summed E-state index contributed by atoms with van der Waals surface area (Å²) in [5.41, 5.74) is 0.662. The first-order valence-corrected chi connectivity index (χ1v) is 11.3. The highest BCUT2D eigenvalue weighted by atomic mass is 35.5. The Morgan fingerprint density at radius 1 is 0.969 bits per heavy atom. The first-order chi connectivity index (χ1) is 15.4. The normalized spacial score (nSPS) is 18.5. The number of amides is 2. The second kappa shape index (κ2) is 9.96. The zero-order valence-corrected chi connectivity index (χ0v) is 18.5. The molecule has 0 bridgehead atoms. The van der Waals surface area contributed by atoms with E-state index in [9.17, 15) is 18.4 Å². The highest BCUT2D eigenvalue weighted by molar-refractivity contribution is 6.30. The van der Waals surface area contributed by atoms with Crippen LogP contribution >= 0.6 is 11.6 Å². The molecule has 1 unspecified atom stereocenters. The van der Waals surface area contributed by atoms with Gasteiger partial charge in [0, 0.05) is 48.5 Å². The second-order valence-electron chi connectivity index (χ2n) is 8.48. The lowest BCUT2D eigenvalue weighted by Gasteiger charge is -2.40. The van der Waals surface area contributed by atoms with Gasteiger partial charge in [0.05, 0.1) is 6.04 Å². The van der Waals surface area contributed by atoms with E-state index in [0.29, 0.717) is 36.9 Å². The Morgan fingerprint density at radius 3 is 2.25 bits per heavy atom. The summed E-state index contributed by atoms with van der Waals surface area (Å²) in [6, 6.07) is 9.65. The molecule has 2 aromatic rings. The summed E-state index contributed by atoms with van der Waals surface area (Å²) >= 11 is 6.05. The molecule has 1 aliphatic heterocycles. The first kappa shape index (κ1) is 22.7. The van der Waals surface area contributed by atoms with Gasteiger partial charge >= 0.3 is 0 Å². The highest BCUT2D eigenvalue weighted by Crippen LogP contribution is 2.32. The lowest BCUT2D eigenvalue weighted by molar-refractivity contribution is -0.123. The monoisotopic (exact) mass is 461 g/mol. The smallest absolute Gasteiger partial charge is 0.254 e. The van der Waals surface area contributed by atoms with Gasteiger partial charge < -0.3 is 10.2 Å². The van der Waals surface area contributed by atoms with Crippen LogP contribution in [0.5, 0.6) is 0 Å². The van der Waals surface area contributed by atoms with Crippen molar-refractivity contribution in [3.05, 3.63) is 64.7 Å². The van der Waals surface area contributed by atoms with Crippen LogP contribution in [0, 0.1) is 17.6 Å². The molecular weight excluding hydrogens is 436 g/mol. The molecule has 1 aliphatic carbocycles. The van der Waals surface area contributed by atoms with Crippen LogP contribution in [0.2, 0.25) is 5.02 Å². The number of nitrogens with zero attached hydrogens (tertiary/aromatic N) is 2. The molecule has 1 N–H and O–H groups in total. The van der Waals surface area contributed by atoms with Crippen molar-refractivity contribution in [1.82, 2.24) is 9.80 Å². The summed E-state index contributed by atoms with van der Waals surface area (Å²) in [6.07, 6.45) is 4.20. The molecule has 2 fully saturated rings. The number of benzene rings is 2. The maximum absolute atomic E-state index is 13.5. The molecule has 5 nitrogen and oxygen atoms in total. The summed E-state index contributed by atoms with van der Waals surface area (Å²) < 4.78 is 27.0. The number of hydrogen-bond acceptors (Lipinski definition) is 3. The Labute approximate surface area is 191 Å². The quantitative estimate of drug-likeness (QED) is 0.709. The third-order valence-corrected chi connectivity index (χ3v) is 6.55. The van der Waals surface area contributed by atoms with Crippen LogP contribution in [0.4, 0.5) is 14.5 Å². The molecule has 1 saturated carbocycles. The van der Waals surface area contributed by atoms with Gasteiger partial charge in [0.25, 0.3) is 5.91 Å². The fourth-order valence-electron chi connectivity index (χ4n) is 4.80. The average Bonchev–Trinajstić information content (AvgIpc) is 3.27. The SMILES string of the molecule is O=C(Nc1cccc(Cl)c1)C(C1CCCC1)N1CCN(C(=O)c2cc(F)cc(F)c2)CC1. The first-order valence-electron chi connectivity index (χ1n) is 11.0. The van der Waals surface area contributed by atoms with E-state index in [2.05, 4.69) is 10.2 Å². The van der Waals surface area contributed by atoms with E-state index in [0.717, 1.165) is 43.9 Å². The van der Waals surface area contributed by atoms with Crippen molar-refractivity contribution in [2.45, 2.75) is 31.7 Å². The van der Waals surface area contributed by atoms with Gasteiger partial charge in [-0.15, -0.1) is 0 Å². The maximum Gasteiger partial charge on any atom is 0.254 e. The standard InChI is InChI=1S/C24H26ClF2N3O2/c25-18-6-3-7-21(14-18)28-23(31)22(16-4-1-2-5-16)29-8-10-30(11-9-29)24(32)17-12-19(26)15-20(27)13-17/h3,6-7,12-16,22H,1-2,4-5,8-11H2,(H,28,31). The number of halogens is 3. The van der Waals surface area contributed by atoms with Crippen LogP contribution in [0.3, 0.4) is 0 Å². The Balaban J connectivity index is 1.44. The molecule has 1 heterocycles. The van der Waals surface area contributed by atoms with Gasteiger partial charge in [-0.1, -0.05) is 30.5 Å². The number of piperazine rings is 1. The molecular formula is C24H26ClF2N3O2. The van der Waals surface area contributed by atoms with Crippen LogP contribution in [-0.2, 0) is 4.79 Å². The van der Waals surface area contributed by atoms with E-state index >= 15 is 0 Å². The predicted molar refractivity (Wildman–Crippen MR) is 120 cm³/mol. The van der Waals surface area contributed by atoms with E-state index in [-0.39, 0.29) is 23.4 Å². The van der Waals surface area contributed by atoms with Gasteiger partial charge in [0.1, 0.15) is 11.6 Å². The van der Waals surface area contributed by atoms with Crippen LogP contribution in [0.15, 0.2) is 42.5 Å². The van der Waals surface area contributed by atoms with E-state index in [4.69, 9.17) is 11.6 Å². The molecule has 32 heavy (non-hydrogen) atoms. The van der Waals surface area contributed by atoms with Crippen molar-refractivity contribution >= 4 is 29.1 Å². The summed E-state index contributed by atoms with van der Waals surface area (Å²) in [5, 5.41) is 3.56. The molecule has 2 amide bonds. The third-order valence-electron chi connectivity index (χ3n) is 6.31. The lowest BCUT2D eigenvalue weighted by Crippen LogP contribution is -2.56. The van der Waals surface area contributed by atoms with Gasteiger partial charge in [-0.25, -0.2) is 8.78 Å². The molecule has 2 aromatic carbocycles. The number of hydrogen-bond donors (Lipinski definition) is 1. The predicted octanol–water partition coefficient (Wildman–Crippen LogP) is 4.57. The van der Waals surface area contributed by atoms with Crippen LogP contribution in [-0.4, -0.2) is 53.8 Å². The van der Waals surface area contributed by atoms with Crippen LogP contribution in [0.1, 0.15) is 36.0 Å². The number of nitrogens with one attached hydrogen (secondary N) is 1. The van der Waals surface area contributed by atoms with Gasteiger partial charge in [0.2, 0.25) is 5.91 Å². The summed E-state index contributed by atoms with van der Waals surface area (Å²) in [7, 11) is 0.